The largest absolute Gasteiger partial charge is 0.487 e. The Hall–Kier alpha value is -2.69. The molecule has 3 aliphatic heterocycles. The summed E-state index contributed by atoms with van der Waals surface area (Å²) in [5.74, 6) is 0.947. The van der Waals surface area contributed by atoms with Crippen LogP contribution >= 0.6 is 11.6 Å². The van der Waals surface area contributed by atoms with Crippen molar-refractivity contribution in [3.63, 3.8) is 0 Å². The number of likely N-dealkylation sites (tertiary alicyclic amines) is 1. The van der Waals surface area contributed by atoms with E-state index in [1.54, 1.807) is 0 Å². The molecule has 0 amide bonds. The molecule has 3 aromatic carbocycles. The molecule has 3 heterocycles. The van der Waals surface area contributed by atoms with Crippen LogP contribution in [0.5, 0.6) is 5.75 Å². The molecule has 3 aromatic rings. The van der Waals surface area contributed by atoms with Gasteiger partial charge in [0.15, 0.2) is 0 Å². The quantitative estimate of drug-likeness (QED) is 0.386. The smallest absolute Gasteiger partial charge is 0.143 e. The lowest BCUT2D eigenvalue weighted by Crippen LogP contribution is -2.39. The third kappa shape index (κ3) is 4.87. The molecule has 5 heteroatoms. The van der Waals surface area contributed by atoms with Gasteiger partial charge in [-0.15, -0.1) is 0 Å². The predicted octanol–water partition coefficient (Wildman–Crippen LogP) is 6.68. The lowest BCUT2D eigenvalue weighted by atomic mass is 10.1. The van der Waals surface area contributed by atoms with Crippen molar-refractivity contribution in [2.75, 3.05) is 42.5 Å². The summed E-state index contributed by atoms with van der Waals surface area (Å²) in [5, 5.41) is 0.772. The third-order valence-corrected chi connectivity index (χ3v) is 8.10. The minimum Gasteiger partial charge on any atom is -0.487 e. The zero-order valence-electron chi connectivity index (χ0n) is 20.3. The van der Waals surface area contributed by atoms with Crippen LogP contribution in [-0.4, -0.2) is 43.7 Å². The van der Waals surface area contributed by atoms with Gasteiger partial charge >= 0.3 is 0 Å². The maximum absolute atomic E-state index is 6.46. The Morgan fingerprint density at radius 2 is 1.69 bits per heavy atom. The van der Waals surface area contributed by atoms with Gasteiger partial charge in [-0.2, -0.15) is 0 Å². The van der Waals surface area contributed by atoms with Crippen molar-refractivity contribution >= 4 is 28.7 Å². The highest BCUT2D eigenvalue weighted by molar-refractivity contribution is 6.30. The molecule has 6 rings (SSSR count). The summed E-state index contributed by atoms with van der Waals surface area (Å²) >= 11 is 6.46. The Morgan fingerprint density at radius 3 is 2.54 bits per heavy atom. The molecule has 0 bridgehead atoms. The number of hydrogen-bond donors (Lipinski definition) is 0. The number of halogens is 1. The highest BCUT2D eigenvalue weighted by atomic mass is 35.5. The Morgan fingerprint density at radius 1 is 0.857 bits per heavy atom. The molecule has 0 N–H and O–H groups in total. The van der Waals surface area contributed by atoms with Crippen LogP contribution in [0, 0.1) is 0 Å². The fourth-order valence-corrected chi connectivity index (χ4v) is 6.09. The number of nitrogens with zero attached hydrogens (tertiary/aromatic N) is 3. The Kier molecular flexibility index (Phi) is 6.58. The summed E-state index contributed by atoms with van der Waals surface area (Å²) in [4.78, 5) is 7.64. The number of rotatable bonds is 6. The van der Waals surface area contributed by atoms with E-state index in [-0.39, 0.29) is 0 Å². The van der Waals surface area contributed by atoms with Gasteiger partial charge in [-0.05, 0) is 80.6 Å². The van der Waals surface area contributed by atoms with Crippen molar-refractivity contribution < 1.29 is 4.74 Å². The maximum Gasteiger partial charge on any atom is 0.143 e. The Labute approximate surface area is 214 Å². The molecule has 182 valence electrons. The zero-order valence-corrected chi connectivity index (χ0v) is 21.1. The van der Waals surface area contributed by atoms with Crippen molar-refractivity contribution in [1.29, 1.82) is 0 Å². The van der Waals surface area contributed by atoms with Crippen molar-refractivity contribution in [2.24, 2.45) is 0 Å². The second-order valence-electron chi connectivity index (χ2n) is 10.1. The average molecular weight is 488 g/mol. The van der Waals surface area contributed by atoms with E-state index in [9.17, 15) is 0 Å². The van der Waals surface area contributed by atoms with E-state index < -0.39 is 0 Å². The number of hydrogen-bond acceptors (Lipinski definition) is 4. The summed E-state index contributed by atoms with van der Waals surface area (Å²) < 4.78 is 6.19. The lowest BCUT2D eigenvalue weighted by molar-refractivity contribution is 0.261. The molecular formula is C30H34ClN3O. The first-order valence-corrected chi connectivity index (χ1v) is 13.5. The SMILES string of the molecule is Clc1ccc2c(c1)N(CC1CCCN1CCc1ccc(N3CCCC3)cc1)c1ccccc1OC2. The summed E-state index contributed by atoms with van der Waals surface area (Å²) in [5.41, 5.74) is 6.31. The van der Waals surface area contributed by atoms with Gasteiger partial charge in [0.05, 0.1) is 5.69 Å². The third-order valence-electron chi connectivity index (χ3n) is 7.87. The van der Waals surface area contributed by atoms with Crippen LogP contribution in [0.3, 0.4) is 0 Å². The summed E-state index contributed by atoms with van der Waals surface area (Å²) in [6.07, 6.45) is 6.22. The number of fused-ring (bicyclic) bond motifs is 2. The number of benzene rings is 3. The molecule has 3 aliphatic rings. The van der Waals surface area contributed by atoms with Crippen LogP contribution in [0.25, 0.3) is 0 Å². The molecule has 2 saturated heterocycles. The van der Waals surface area contributed by atoms with Gasteiger partial charge in [0.25, 0.3) is 0 Å². The minimum atomic E-state index is 0.511. The first-order chi connectivity index (χ1) is 17.2. The first kappa shape index (κ1) is 22.8. The van der Waals surface area contributed by atoms with Crippen molar-refractivity contribution in [2.45, 2.75) is 44.8 Å². The van der Waals surface area contributed by atoms with Crippen molar-refractivity contribution in [3.05, 3.63) is 82.9 Å². The van der Waals surface area contributed by atoms with Crippen molar-refractivity contribution in [3.8, 4) is 5.75 Å². The zero-order chi connectivity index (χ0) is 23.6. The standard InChI is InChI=1S/C30H34ClN3O/c31-25-12-11-24-22-35-30-8-2-1-7-28(30)34(29(24)20-25)21-27-6-5-18-33(27)19-15-23-9-13-26(14-10-23)32-16-3-4-17-32/h1-2,7-14,20,27H,3-6,15-19,21-22H2. The van der Waals surface area contributed by atoms with Crippen LogP contribution in [0.2, 0.25) is 5.02 Å². The van der Waals surface area contributed by atoms with Gasteiger partial charge in [0.1, 0.15) is 12.4 Å². The molecule has 0 saturated carbocycles. The number of anilines is 3. The van der Waals surface area contributed by atoms with Crippen LogP contribution < -0.4 is 14.5 Å². The normalized spacial score (nSPS) is 19.9. The molecule has 1 atom stereocenters. The second-order valence-corrected chi connectivity index (χ2v) is 10.5. The highest BCUT2D eigenvalue weighted by Crippen LogP contribution is 2.41. The maximum atomic E-state index is 6.46. The van der Waals surface area contributed by atoms with Gasteiger partial charge in [0.2, 0.25) is 0 Å². The van der Waals surface area contributed by atoms with E-state index in [1.807, 2.05) is 6.07 Å². The molecule has 2 fully saturated rings. The summed E-state index contributed by atoms with van der Waals surface area (Å²) in [6, 6.07) is 24.4. The second kappa shape index (κ2) is 10.1. The molecule has 0 radical (unpaired) electrons. The number of para-hydroxylation sites is 2. The van der Waals surface area contributed by atoms with E-state index in [0.29, 0.717) is 12.6 Å². The topological polar surface area (TPSA) is 19.0 Å². The highest BCUT2D eigenvalue weighted by Gasteiger charge is 2.30. The predicted molar refractivity (Wildman–Crippen MR) is 145 cm³/mol. The van der Waals surface area contributed by atoms with Crippen LogP contribution in [0.4, 0.5) is 17.1 Å². The van der Waals surface area contributed by atoms with E-state index in [4.69, 9.17) is 16.3 Å². The molecule has 1 unspecified atom stereocenters. The molecular weight excluding hydrogens is 454 g/mol. The fraction of sp³-hybridized carbons (Fsp3) is 0.400. The van der Waals surface area contributed by atoms with Crippen LogP contribution in [-0.2, 0) is 13.0 Å². The Balaban J connectivity index is 1.18. The van der Waals surface area contributed by atoms with Gasteiger partial charge in [-0.1, -0.05) is 41.9 Å². The molecule has 0 aromatic heterocycles. The van der Waals surface area contributed by atoms with Gasteiger partial charge in [-0.3, -0.25) is 4.90 Å². The van der Waals surface area contributed by atoms with Crippen molar-refractivity contribution in [1.82, 2.24) is 4.90 Å². The molecule has 0 aliphatic carbocycles. The van der Waals surface area contributed by atoms with E-state index in [2.05, 4.69) is 75.4 Å². The van der Waals surface area contributed by atoms with Crippen LogP contribution in [0.1, 0.15) is 36.8 Å². The van der Waals surface area contributed by atoms with Gasteiger partial charge in [-0.25, -0.2) is 0 Å². The number of ether oxygens (including phenoxy) is 1. The lowest BCUT2D eigenvalue weighted by Gasteiger charge is -2.33. The molecule has 35 heavy (non-hydrogen) atoms. The molecule has 4 nitrogen and oxygen atoms in total. The van der Waals surface area contributed by atoms with Crippen LogP contribution in [0.15, 0.2) is 66.7 Å². The average Bonchev–Trinajstić information content (AvgIpc) is 3.56. The van der Waals surface area contributed by atoms with E-state index >= 15 is 0 Å². The monoisotopic (exact) mass is 487 g/mol. The Bertz CT molecular complexity index is 1160. The summed E-state index contributed by atoms with van der Waals surface area (Å²) in [7, 11) is 0. The van der Waals surface area contributed by atoms with Gasteiger partial charge < -0.3 is 14.5 Å². The van der Waals surface area contributed by atoms with E-state index in [0.717, 1.165) is 36.0 Å². The minimum absolute atomic E-state index is 0.511. The van der Waals surface area contributed by atoms with E-state index in [1.165, 1.54) is 67.8 Å². The van der Waals surface area contributed by atoms with Gasteiger partial charge in [0, 0.05) is 54.2 Å². The fourth-order valence-electron chi connectivity index (χ4n) is 5.92. The molecule has 0 spiro atoms. The summed E-state index contributed by atoms with van der Waals surface area (Å²) in [6.45, 7) is 6.19. The first-order valence-electron chi connectivity index (χ1n) is 13.1.